The van der Waals surface area contributed by atoms with Crippen molar-refractivity contribution in [3.8, 4) is 5.75 Å². The fourth-order valence-corrected chi connectivity index (χ4v) is 1.53. The Morgan fingerprint density at radius 1 is 1.22 bits per heavy atom. The summed E-state index contributed by atoms with van der Waals surface area (Å²) in [5.74, 6) is 0.369. The smallest absolute Gasteiger partial charge is 0.318 e. The molecule has 5 heteroatoms. The maximum Gasteiger partial charge on any atom is 0.318 e. The lowest BCUT2D eigenvalue weighted by Gasteiger charge is -2.17. The van der Waals surface area contributed by atoms with Crippen molar-refractivity contribution in [2.75, 3.05) is 0 Å². The lowest BCUT2D eigenvalue weighted by atomic mass is 10.0. The Morgan fingerprint density at radius 2 is 1.83 bits per heavy atom. The van der Waals surface area contributed by atoms with Crippen LogP contribution in [0.2, 0.25) is 0 Å². The highest BCUT2D eigenvalue weighted by Gasteiger charge is 2.18. The standard InChI is InChI=1S/C13H18N2O3/c1-8(2)10-6-4-5-7-11(10)18-9(3)12(16)15-13(14)17/h4-9H,1-3H3,(H3,14,15,16,17)/t9-/m1/s1. The molecule has 0 aliphatic rings. The molecule has 0 heterocycles. The van der Waals surface area contributed by atoms with Gasteiger partial charge in [0.05, 0.1) is 0 Å². The van der Waals surface area contributed by atoms with Crippen LogP contribution in [0.5, 0.6) is 5.75 Å². The van der Waals surface area contributed by atoms with Crippen molar-refractivity contribution in [3.63, 3.8) is 0 Å². The highest BCUT2D eigenvalue weighted by molar-refractivity contribution is 5.95. The summed E-state index contributed by atoms with van der Waals surface area (Å²) in [6, 6.07) is 6.60. The summed E-state index contributed by atoms with van der Waals surface area (Å²) >= 11 is 0. The van der Waals surface area contributed by atoms with Crippen molar-refractivity contribution in [2.45, 2.75) is 32.8 Å². The number of imide groups is 1. The molecule has 3 N–H and O–H groups in total. The van der Waals surface area contributed by atoms with E-state index in [2.05, 4.69) is 0 Å². The predicted molar refractivity (Wildman–Crippen MR) is 68.3 cm³/mol. The molecule has 1 aromatic rings. The quantitative estimate of drug-likeness (QED) is 0.854. The molecule has 0 bridgehead atoms. The van der Waals surface area contributed by atoms with Gasteiger partial charge >= 0.3 is 6.03 Å². The Hall–Kier alpha value is -2.04. The molecule has 98 valence electrons. The van der Waals surface area contributed by atoms with Gasteiger partial charge in [0.25, 0.3) is 5.91 Å². The molecular weight excluding hydrogens is 232 g/mol. The lowest BCUT2D eigenvalue weighted by Crippen LogP contribution is -2.42. The van der Waals surface area contributed by atoms with Crippen molar-refractivity contribution < 1.29 is 14.3 Å². The zero-order valence-electron chi connectivity index (χ0n) is 10.8. The number of urea groups is 1. The fraction of sp³-hybridized carbons (Fsp3) is 0.385. The van der Waals surface area contributed by atoms with Crippen LogP contribution in [-0.4, -0.2) is 18.0 Å². The highest BCUT2D eigenvalue weighted by atomic mass is 16.5. The van der Waals surface area contributed by atoms with Crippen LogP contribution < -0.4 is 15.8 Å². The summed E-state index contributed by atoms with van der Waals surface area (Å²) in [6.45, 7) is 5.64. The largest absolute Gasteiger partial charge is 0.481 e. The van der Waals surface area contributed by atoms with Gasteiger partial charge in [-0.05, 0) is 24.5 Å². The molecule has 0 saturated carbocycles. The average Bonchev–Trinajstić information content (AvgIpc) is 2.28. The van der Waals surface area contributed by atoms with Gasteiger partial charge in [0.1, 0.15) is 5.75 Å². The SMILES string of the molecule is CC(C)c1ccccc1O[C@H](C)C(=O)NC(N)=O. The number of hydrogen-bond donors (Lipinski definition) is 2. The van der Waals surface area contributed by atoms with E-state index in [0.29, 0.717) is 5.75 Å². The zero-order chi connectivity index (χ0) is 13.7. The summed E-state index contributed by atoms with van der Waals surface area (Å²) in [5, 5.41) is 1.99. The Labute approximate surface area is 106 Å². The maximum atomic E-state index is 11.5. The Bertz CT molecular complexity index is 444. The first-order valence-corrected chi connectivity index (χ1v) is 5.77. The molecule has 0 spiro atoms. The van der Waals surface area contributed by atoms with Gasteiger partial charge in [-0.15, -0.1) is 0 Å². The Balaban J connectivity index is 2.78. The first-order valence-electron chi connectivity index (χ1n) is 5.77. The van der Waals surface area contributed by atoms with Crippen molar-refractivity contribution in [1.29, 1.82) is 0 Å². The molecule has 5 nitrogen and oxygen atoms in total. The van der Waals surface area contributed by atoms with Crippen LogP contribution >= 0.6 is 0 Å². The van der Waals surface area contributed by atoms with E-state index < -0.39 is 18.0 Å². The summed E-state index contributed by atoms with van der Waals surface area (Å²) in [6.07, 6.45) is -0.780. The Kier molecular flexibility index (Phi) is 4.71. The second-order valence-electron chi connectivity index (χ2n) is 4.31. The normalized spacial score (nSPS) is 12.0. The van der Waals surface area contributed by atoms with E-state index in [-0.39, 0.29) is 5.92 Å². The van der Waals surface area contributed by atoms with E-state index in [1.165, 1.54) is 0 Å². The van der Waals surface area contributed by atoms with E-state index in [1.54, 1.807) is 13.0 Å². The van der Waals surface area contributed by atoms with Crippen LogP contribution in [0.4, 0.5) is 4.79 Å². The van der Waals surface area contributed by atoms with E-state index in [9.17, 15) is 9.59 Å². The van der Waals surface area contributed by atoms with Crippen LogP contribution in [0.1, 0.15) is 32.3 Å². The maximum absolute atomic E-state index is 11.5. The molecule has 0 saturated heterocycles. The molecular formula is C13H18N2O3. The van der Waals surface area contributed by atoms with Crippen LogP contribution in [-0.2, 0) is 4.79 Å². The Morgan fingerprint density at radius 3 is 2.39 bits per heavy atom. The molecule has 18 heavy (non-hydrogen) atoms. The lowest BCUT2D eigenvalue weighted by molar-refractivity contribution is -0.126. The van der Waals surface area contributed by atoms with Gasteiger partial charge in [-0.1, -0.05) is 32.0 Å². The van der Waals surface area contributed by atoms with Gasteiger partial charge in [-0.3, -0.25) is 10.1 Å². The fourth-order valence-electron chi connectivity index (χ4n) is 1.53. The van der Waals surface area contributed by atoms with Gasteiger partial charge in [0.15, 0.2) is 6.10 Å². The first-order chi connectivity index (χ1) is 8.41. The van der Waals surface area contributed by atoms with E-state index in [1.807, 2.05) is 37.4 Å². The molecule has 0 aliphatic carbocycles. The number of primary amides is 1. The minimum Gasteiger partial charge on any atom is -0.481 e. The number of ether oxygens (including phenoxy) is 1. The second-order valence-corrected chi connectivity index (χ2v) is 4.31. The third-order valence-electron chi connectivity index (χ3n) is 2.46. The molecule has 3 amide bonds. The van der Waals surface area contributed by atoms with Gasteiger partial charge in [0, 0.05) is 0 Å². The molecule has 0 aromatic heterocycles. The van der Waals surface area contributed by atoms with Crippen LogP contribution in [0, 0.1) is 0 Å². The molecule has 0 aliphatic heterocycles. The van der Waals surface area contributed by atoms with E-state index >= 15 is 0 Å². The monoisotopic (exact) mass is 250 g/mol. The molecule has 0 radical (unpaired) electrons. The third-order valence-corrected chi connectivity index (χ3v) is 2.46. The van der Waals surface area contributed by atoms with Crippen LogP contribution in [0.3, 0.4) is 0 Å². The van der Waals surface area contributed by atoms with Crippen LogP contribution in [0.25, 0.3) is 0 Å². The zero-order valence-corrected chi connectivity index (χ0v) is 10.8. The number of carbonyl (C=O) groups excluding carboxylic acids is 2. The molecule has 0 fully saturated rings. The highest BCUT2D eigenvalue weighted by Crippen LogP contribution is 2.26. The number of benzene rings is 1. The molecule has 1 rings (SSSR count). The topological polar surface area (TPSA) is 81.4 Å². The number of rotatable bonds is 4. The number of para-hydroxylation sites is 1. The predicted octanol–water partition coefficient (Wildman–Crippen LogP) is 1.77. The molecule has 1 aromatic carbocycles. The number of carbonyl (C=O) groups is 2. The minimum atomic E-state index is -0.882. The van der Waals surface area contributed by atoms with Gasteiger partial charge in [0.2, 0.25) is 0 Å². The third kappa shape index (κ3) is 3.76. The van der Waals surface area contributed by atoms with E-state index in [0.717, 1.165) is 5.56 Å². The minimum absolute atomic E-state index is 0.285. The van der Waals surface area contributed by atoms with Crippen LogP contribution in [0.15, 0.2) is 24.3 Å². The van der Waals surface area contributed by atoms with Gasteiger partial charge in [-0.25, -0.2) is 4.79 Å². The van der Waals surface area contributed by atoms with Crippen molar-refractivity contribution in [2.24, 2.45) is 5.73 Å². The number of amides is 3. The molecule has 1 atom stereocenters. The first kappa shape index (κ1) is 14.0. The van der Waals surface area contributed by atoms with Crippen molar-refractivity contribution in [3.05, 3.63) is 29.8 Å². The molecule has 0 unspecified atom stereocenters. The number of nitrogens with two attached hydrogens (primary N) is 1. The van der Waals surface area contributed by atoms with Crippen molar-refractivity contribution in [1.82, 2.24) is 5.32 Å². The summed E-state index contributed by atoms with van der Waals surface area (Å²) in [5.41, 5.74) is 5.89. The number of hydrogen-bond acceptors (Lipinski definition) is 3. The van der Waals surface area contributed by atoms with Gasteiger partial charge < -0.3 is 10.5 Å². The second kappa shape index (κ2) is 6.05. The summed E-state index contributed by atoms with van der Waals surface area (Å²) < 4.78 is 5.55. The summed E-state index contributed by atoms with van der Waals surface area (Å²) in [4.78, 5) is 22.1. The van der Waals surface area contributed by atoms with Crippen molar-refractivity contribution >= 4 is 11.9 Å². The number of nitrogens with one attached hydrogen (secondary N) is 1. The average molecular weight is 250 g/mol. The van der Waals surface area contributed by atoms with Gasteiger partial charge in [-0.2, -0.15) is 0 Å². The van der Waals surface area contributed by atoms with E-state index in [4.69, 9.17) is 10.5 Å². The summed E-state index contributed by atoms with van der Waals surface area (Å²) in [7, 11) is 0.